The third-order valence-corrected chi connectivity index (χ3v) is 6.67. The molecule has 6 nitrogen and oxygen atoms in total. The molecular weight excluding hydrogens is 428 g/mol. The molecule has 9 heteroatoms. The van der Waals surface area contributed by atoms with Crippen molar-refractivity contribution in [2.24, 2.45) is 7.05 Å². The Bertz CT molecular complexity index is 1190. The van der Waals surface area contributed by atoms with E-state index in [4.69, 9.17) is 26.1 Å². The molecule has 5 rings (SSSR count). The summed E-state index contributed by atoms with van der Waals surface area (Å²) in [5, 5.41) is 13.2. The van der Waals surface area contributed by atoms with Crippen LogP contribution in [-0.2, 0) is 12.8 Å². The summed E-state index contributed by atoms with van der Waals surface area (Å²) in [6.07, 6.45) is 0. The Morgan fingerprint density at radius 3 is 2.90 bits per heavy atom. The third kappa shape index (κ3) is 3.71. The minimum Gasteiger partial charge on any atom is -0.454 e. The Morgan fingerprint density at radius 2 is 2.00 bits per heavy atom. The van der Waals surface area contributed by atoms with Crippen molar-refractivity contribution in [2.45, 2.75) is 10.9 Å². The predicted octanol–water partition coefficient (Wildman–Crippen LogP) is 5.28. The summed E-state index contributed by atoms with van der Waals surface area (Å²) < 4.78 is 12.8. The van der Waals surface area contributed by atoms with Crippen molar-refractivity contribution in [3.63, 3.8) is 0 Å². The van der Waals surface area contributed by atoms with Crippen LogP contribution in [0.25, 0.3) is 22.0 Å². The topological polar surface area (TPSA) is 62.1 Å². The number of aromatic nitrogens is 4. The average Bonchev–Trinajstić information content (AvgIpc) is 3.45. The fraction of sp³-hybridized carbons (Fsp3) is 0.150. The van der Waals surface area contributed by atoms with Crippen molar-refractivity contribution in [3.05, 3.63) is 58.6 Å². The number of thiazole rings is 1. The average molecular weight is 443 g/mol. The number of thioether (sulfide) groups is 1. The van der Waals surface area contributed by atoms with Crippen LogP contribution in [-0.4, -0.2) is 26.5 Å². The van der Waals surface area contributed by atoms with E-state index in [1.54, 1.807) is 23.1 Å². The van der Waals surface area contributed by atoms with Crippen molar-refractivity contribution >= 4 is 34.7 Å². The molecule has 29 heavy (non-hydrogen) atoms. The van der Waals surface area contributed by atoms with Crippen LogP contribution >= 0.6 is 34.7 Å². The maximum absolute atomic E-state index is 6.09. The summed E-state index contributed by atoms with van der Waals surface area (Å²) in [4.78, 5) is 4.75. The van der Waals surface area contributed by atoms with Crippen LogP contribution in [0.2, 0.25) is 5.02 Å². The van der Waals surface area contributed by atoms with Gasteiger partial charge in [0.15, 0.2) is 22.5 Å². The van der Waals surface area contributed by atoms with Crippen molar-refractivity contribution in [1.29, 1.82) is 0 Å². The van der Waals surface area contributed by atoms with Gasteiger partial charge in [-0.3, -0.25) is 0 Å². The lowest BCUT2D eigenvalue weighted by atomic mass is 10.2. The molecule has 2 aromatic carbocycles. The number of rotatable bonds is 5. The normalized spacial score (nSPS) is 12.5. The van der Waals surface area contributed by atoms with E-state index in [9.17, 15) is 0 Å². The minimum absolute atomic E-state index is 0.271. The predicted molar refractivity (Wildman–Crippen MR) is 115 cm³/mol. The van der Waals surface area contributed by atoms with Gasteiger partial charge in [-0.25, -0.2) is 4.98 Å². The number of hydrogen-bond acceptors (Lipinski definition) is 7. The third-order valence-electron chi connectivity index (χ3n) is 4.44. The van der Waals surface area contributed by atoms with E-state index in [2.05, 4.69) is 15.6 Å². The van der Waals surface area contributed by atoms with Gasteiger partial charge in [0.25, 0.3) is 0 Å². The zero-order chi connectivity index (χ0) is 19.8. The first-order chi connectivity index (χ1) is 14.2. The molecule has 0 N–H and O–H groups in total. The quantitative estimate of drug-likeness (QED) is 0.392. The molecule has 1 aliphatic heterocycles. The second kappa shape index (κ2) is 7.70. The highest BCUT2D eigenvalue weighted by Crippen LogP contribution is 2.37. The molecule has 4 aromatic rings. The van der Waals surface area contributed by atoms with Crippen LogP contribution in [0.1, 0.15) is 5.69 Å². The summed E-state index contributed by atoms with van der Waals surface area (Å²) in [6.45, 7) is 0.271. The van der Waals surface area contributed by atoms with Crippen molar-refractivity contribution < 1.29 is 9.47 Å². The maximum Gasteiger partial charge on any atom is 0.231 e. The number of ether oxygens (including phenoxy) is 2. The Balaban J connectivity index is 1.30. The molecule has 3 heterocycles. The molecule has 0 saturated heterocycles. The van der Waals surface area contributed by atoms with Gasteiger partial charge < -0.3 is 14.0 Å². The molecule has 0 unspecified atom stereocenters. The molecular formula is C20H15ClN4O2S2. The molecule has 1 aliphatic rings. The Kier molecular flexibility index (Phi) is 4.91. The lowest BCUT2D eigenvalue weighted by molar-refractivity contribution is 0.174. The second-order valence-electron chi connectivity index (χ2n) is 6.38. The molecule has 0 radical (unpaired) electrons. The number of fused-ring (bicyclic) bond motifs is 1. The van der Waals surface area contributed by atoms with Crippen LogP contribution in [0.3, 0.4) is 0 Å². The Hall–Kier alpha value is -2.55. The monoisotopic (exact) mass is 442 g/mol. The van der Waals surface area contributed by atoms with E-state index in [0.29, 0.717) is 10.8 Å². The van der Waals surface area contributed by atoms with E-state index in [-0.39, 0.29) is 6.79 Å². The number of halogens is 1. The summed E-state index contributed by atoms with van der Waals surface area (Å²) >= 11 is 9.31. The van der Waals surface area contributed by atoms with Crippen LogP contribution in [0.15, 0.2) is 53.0 Å². The van der Waals surface area contributed by atoms with E-state index < -0.39 is 0 Å². The first-order valence-electron chi connectivity index (χ1n) is 8.80. The zero-order valence-electron chi connectivity index (χ0n) is 15.3. The van der Waals surface area contributed by atoms with Gasteiger partial charge in [0.1, 0.15) is 5.01 Å². The molecule has 0 saturated carbocycles. The highest BCUT2D eigenvalue weighted by atomic mass is 35.5. The summed E-state index contributed by atoms with van der Waals surface area (Å²) in [6, 6.07) is 13.5. The van der Waals surface area contributed by atoms with Gasteiger partial charge in [0.05, 0.1) is 5.69 Å². The number of hydrogen-bond donors (Lipinski definition) is 0. The van der Waals surface area contributed by atoms with E-state index in [1.807, 2.05) is 54.1 Å². The summed E-state index contributed by atoms with van der Waals surface area (Å²) in [5.41, 5.74) is 2.97. The molecule has 0 fully saturated rings. The maximum atomic E-state index is 6.09. The van der Waals surface area contributed by atoms with Crippen molar-refractivity contribution in [2.75, 3.05) is 6.79 Å². The number of nitrogens with zero attached hydrogens (tertiary/aromatic N) is 4. The highest BCUT2D eigenvalue weighted by molar-refractivity contribution is 7.98. The second-order valence-corrected chi connectivity index (χ2v) is 8.61. The molecule has 0 atom stereocenters. The zero-order valence-corrected chi connectivity index (χ0v) is 17.7. The smallest absolute Gasteiger partial charge is 0.231 e. The van der Waals surface area contributed by atoms with Crippen molar-refractivity contribution in [3.8, 4) is 33.5 Å². The number of benzene rings is 2. The van der Waals surface area contributed by atoms with Gasteiger partial charge in [0.2, 0.25) is 6.79 Å². The van der Waals surface area contributed by atoms with Crippen LogP contribution in [0.4, 0.5) is 0 Å². The largest absolute Gasteiger partial charge is 0.454 e. The summed E-state index contributed by atoms with van der Waals surface area (Å²) in [7, 11) is 1.96. The van der Waals surface area contributed by atoms with E-state index in [0.717, 1.165) is 44.3 Å². The van der Waals surface area contributed by atoms with Gasteiger partial charge in [0, 0.05) is 34.3 Å². The SMILES string of the molecule is Cn1c(SCc2csc(-c3ccc4c(c3)OCO4)n2)nnc1-c1cccc(Cl)c1. The minimum atomic E-state index is 0.271. The molecule has 2 aromatic heterocycles. The van der Waals surface area contributed by atoms with Crippen LogP contribution in [0, 0.1) is 0 Å². The van der Waals surface area contributed by atoms with Crippen LogP contribution < -0.4 is 9.47 Å². The van der Waals surface area contributed by atoms with E-state index >= 15 is 0 Å². The molecule has 0 spiro atoms. The Morgan fingerprint density at radius 1 is 1.10 bits per heavy atom. The highest BCUT2D eigenvalue weighted by Gasteiger charge is 2.16. The first kappa shape index (κ1) is 18.5. The van der Waals surface area contributed by atoms with Crippen LogP contribution in [0.5, 0.6) is 11.5 Å². The first-order valence-corrected chi connectivity index (χ1v) is 11.0. The molecule has 0 bridgehead atoms. The summed E-state index contributed by atoms with van der Waals surface area (Å²) in [5.74, 6) is 3.04. The van der Waals surface area contributed by atoms with Gasteiger partial charge in [-0.2, -0.15) is 0 Å². The van der Waals surface area contributed by atoms with E-state index in [1.165, 1.54) is 0 Å². The lowest BCUT2D eigenvalue weighted by Crippen LogP contribution is -1.95. The van der Waals surface area contributed by atoms with Gasteiger partial charge in [-0.1, -0.05) is 35.5 Å². The van der Waals surface area contributed by atoms with Gasteiger partial charge in [-0.15, -0.1) is 21.5 Å². The van der Waals surface area contributed by atoms with Crippen molar-refractivity contribution in [1.82, 2.24) is 19.7 Å². The standard InChI is InChI=1S/C20H15ClN4O2S2/c1-25-18(12-3-2-4-14(21)7-12)23-24-20(25)29-10-15-9-28-19(22-15)13-5-6-16-17(8-13)27-11-26-16/h2-9H,10-11H2,1H3. The molecule has 146 valence electrons. The fourth-order valence-electron chi connectivity index (χ4n) is 2.99. The molecule has 0 aliphatic carbocycles. The van der Waals surface area contributed by atoms with Gasteiger partial charge in [-0.05, 0) is 30.3 Å². The molecule has 0 amide bonds. The Labute approximate surface area is 180 Å². The lowest BCUT2D eigenvalue weighted by Gasteiger charge is -2.03. The van der Waals surface area contributed by atoms with Gasteiger partial charge >= 0.3 is 0 Å². The fourth-order valence-corrected chi connectivity index (χ4v) is 4.91.